The lowest BCUT2D eigenvalue weighted by atomic mass is 9.68. The minimum atomic E-state index is -0.372. The van der Waals surface area contributed by atoms with Crippen LogP contribution in [0.4, 0.5) is 11.4 Å². The van der Waals surface area contributed by atoms with Gasteiger partial charge in [-0.05, 0) is 83.8 Å². The molecule has 3 fully saturated rings. The van der Waals surface area contributed by atoms with Gasteiger partial charge in [0.25, 0.3) is 5.91 Å². The van der Waals surface area contributed by atoms with Crippen LogP contribution in [0, 0.1) is 36.5 Å². The largest absolute Gasteiger partial charge is 0.484 e. The van der Waals surface area contributed by atoms with Gasteiger partial charge in [0.1, 0.15) is 5.75 Å². The van der Waals surface area contributed by atoms with Crippen molar-refractivity contribution in [2.24, 2.45) is 29.6 Å². The molecule has 1 saturated heterocycles. The smallest absolute Gasteiger partial charge is 0.305 e. The highest BCUT2D eigenvalue weighted by Gasteiger charge is 2.69. The Morgan fingerprint density at radius 3 is 2.48 bits per heavy atom. The topological polar surface area (TPSA) is 109 Å². The molecule has 0 spiro atoms. The van der Waals surface area contributed by atoms with Crippen molar-refractivity contribution in [2.45, 2.75) is 29.5 Å². The Morgan fingerprint density at radius 1 is 0.896 bits per heavy atom. The van der Waals surface area contributed by atoms with Crippen LogP contribution in [0.1, 0.15) is 28.3 Å². The number of imide groups is 1. The fraction of sp³-hybridized carbons (Fsp3) is 0.263. The first-order chi connectivity index (χ1) is 23.3. The zero-order chi connectivity index (χ0) is 32.7. The number of benzene rings is 4. The third kappa shape index (κ3) is 4.64. The number of H-pyrrole nitrogens is 1. The van der Waals surface area contributed by atoms with E-state index in [0.717, 1.165) is 38.2 Å². The number of nitrogens with one attached hydrogen (secondary N) is 2. The van der Waals surface area contributed by atoms with Crippen molar-refractivity contribution < 1.29 is 19.1 Å². The van der Waals surface area contributed by atoms with Gasteiger partial charge >= 0.3 is 4.87 Å². The first-order valence-electron chi connectivity index (χ1n) is 16.2. The molecule has 2 N–H and O–H groups in total. The molecule has 6 unspecified atom stereocenters. The predicted molar refractivity (Wildman–Crippen MR) is 187 cm³/mol. The highest BCUT2D eigenvalue weighted by Crippen LogP contribution is 2.68. The number of hydrogen-bond donors (Lipinski definition) is 2. The number of amides is 3. The highest BCUT2D eigenvalue weighted by molar-refractivity contribution is 8.00. The van der Waals surface area contributed by atoms with Crippen LogP contribution in [0.3, 0.4) is 0 Å². The summed E-state index contributed by atoms with van der Waals surface area (Å²) in [5.74, 6) is -0.652. The summed E-state index contributed by atoms with van der Waals surface area (Å²) in [6, 6.07) is 29.1. The average Bonchev–Trinajstić information content (AvgIpc) is 3.83. The number of nitrogens with zero attached hydrogens (tertiary/aromatic N) is 1. The Bertz CT molecular complexity index is 2190. The monoisotopic (exact) mass is 673 g/mol. The normalized spacial score (nSPS) is 26.8. The summed E-state index contributed by atoms with van der Waals surface area (Å²) in [5, 5.41) is 6.01. The zero-order valence-electron chi connectivity index (χ0n) is 25.9. The van der Waals surface area contributed by atoms with E-state index in [9.17, 15) is 19.2 Å². The molecule has 2 aliphatic heterocycles. The van der Waals surface area contributed by atoms with E-state index in [1.54, 1.807) is 11.8 Å². The maximum absolute atomic E-state index is 14.0. The lowest BCUT2D eigenvalue weighted by Gasteiger charge is -2.43. The SMILES string of the molecule is Cc1ccc(N2C(=O)C3C4CC(C3C2=O)C2C4Sc3[nH]c(=O)sc3[C@@H]2c2cccc(OCC(=O)Nc3ccc4ccccc4c3)c2)cc1. The van der Waals surface area contributed by atoms with Gasteiger partial charge in [-0.2, -0.15) is 0 Å². The number of carbonyl (C=O) groups excluding carboxylic acids is 3. The van der Waals surface area contributed by atoms with Gasteiger partial charge in [0.2, 0.25) is 11.8 Å². The molecule has 1 aromatic heterocycles. The van der Waals surface area contributed by atoms with Crippen LogP contribution in [0.5, 0.6) is 5.75 Å². The van der Waals surface area contributed by atoms with Crippen LogP contribution < -0.4 is 19.8 Å². The number of ether oxygens (including phenoxy) is 1. The van der Waals surface area contributed by atoms with Gasteiger partial charge in [-0.1, -0.05) is 71.5 Å². The van der Waals surface area contributed by atoms with Gasteiger partial charge in [0.15, 0.2) is 6.61 Å². The maximum Gasteiger partial charge on any atom is 0.305 e. The molecule has 4 aromatic carbocycles. The molecule has 7 atom stereocenters. The molecule has 3 heterocycles. The van der Waals surface area contributed by atoms with Gasteiger partial charge in [0, 0.05) is 21.7 Å². The highest BCUT2D eigenvalue weighted by atomic mass is 32.2. The molecule has 0 radical (unpaired) electrons. The van der Waals surface area contributed by atoms with Crippen molar-refractivity contribution in [3.8, 4) is 5.75 Å². The number of rotatable bonds is 6. The molecule has 4 aliphatic rings. The molecule has 9 rings (SSSR count). The molecular weight excluding hydrogens is 643 g/mol. The lowest BCUT2D eigenvalue weighted by molar-refractivity contribution is -0.123. The van der Waals surface area contributed by atoms with Crippen molar-refractivity contribution in [1.82, 2.24) is 4.98 Å². The van der Waals surface area contributed by atoms with Crippen LogP contribution in [-0.4, -0.2) is 34.6 Å². The van der Waals surface area contributed by atoms with Crippen molar-refractivity contribution in [2.75, 3.05) is 16.8 Å². The Morgan fingerprint density at radius 2 is 1.67 bits per heavy atom. The molecular formula is C38H31N3O5S2. The first kappa shape index (κ1) is 29.5. The number of thiazole rings is 1. The predicted octanol–water partition coefficient (Wildman–Crippen LogP) is 6.59. The fourth-order valence-electron chi connectivity index (χ4n) is 8.75. The molecule has 240 valence electrons. The van der Waals surface area contributed by atoms with E-state index in [2.05, 4.69) is 10.3 Å². The molecule has 5 aromatic rings. The van der Waals surface area contributed by atoms with E-state index in [1.165, 1.54) is 16.2 Å². The second-order valence-electron chi connectivity index (χ2n) is 13.3. The lowest BCUT2D eigenvalue weighted by Crippen LogP contribution is -2.42. The standard InChI is InChI=1S/C38H31N3O5S2/c1-19-9-13-24(14-10-19)41-36(43)31-26-17-27(32(31)37(41)44)33-30(26)29(34-35(47-33)40-38(45)48-34)22-7-4-8-25(16-22)46-18-28(42)39-23-12-11-20-5-2-3-6-21(20)15-23/h2-16,26-27,29-33H,17-18H2,1H3,(H,39,42)(H,40,45)/t26?,27?,29-,30?,31?,32?,33?/m1/s1. The van der Waals surface area contributed by atoms with Gasteiger partial charge < -0.3 is 15.0 Å². The molecule has 10 heteroatoms. The summed E-state index contributed by atoms with van der Waals surface area (Å²) in [6.45, 7) is 1.82. The second-order valence-corrected chi connectivity index (χ2v) is 15.5. The molecule has 8 nitrogen and oxygen atoms in total. The summed E-state index contributed by atoms with van der Waals surface area (Å²) in [7, 11) is 0. The van der Waals surface area contributed by atoms with Crippen molar-refractivity contribution >= 4 is 63.0 Å². The summed E-state index contributed by atoms with van der Waals surface area (Å²) in [6.07, 6.45) is 0.817. The summed E-state index contributed by atoms with van der Waals surface area (Å²) < 4.78 is 6.01. The van der Waals surface area contributed by atoms with E-state index in [0.29, 0.717) is 17.1 Å². The van der Waals surface area contributed by atoms with E-state index in [4.69, 9.17) is 4.74 Å². The number of thioether (sulfide) groups is 1. The Balaban J connectivity index is 0.987. The minimum absolute atomic E-state index is 0.0112. The minimum Gasteiger partial charge on any atom is -0.484 e. The summed E-state index contributed by atoms with van der Waals surface area (Å²) in [4.78, 5) is 58.8. The van der Waals surface area contributed by atoms with E-state index < -0.39 is 0 Å². The van der Waals surface area contributed by atoms with Crippen LogP contribution in [0.2, 0.25) is 0 Å². The van der Waals surface area contributed by atoms with Gasteiger partial charge in [-0.15, -0.1) is 11.8 Å². The Hall–Kier alpha value is -4.67. The molecule has 2 aliphatic carbocycles. The molecule has 48 heavy (non-hydrogen) atoms. The van der Waals surface area contributed by atoms with E-state index in [-0.39, 0.29) is 70.0 Å². The fourth-order valence-corrected chi connectivity index (χ4v) is 11.6. The number of aromatic nitrogens is 1. The van der Waals surface area contributed by atoms with Gasteiger partial charge in [-0.3, -0.25) is 24.1 Å². The number of hydrogen-bond acceptors (Lipinski definition) is 7. The number of fused-ring (bicyclic) bond motifs is 10. The van der Waals surface area contributed by atoms with Crippen LogP contribution in [0.15, 0.2) is 101 Å². The number of anilines is 2. The van der Waals surface area contributed by atoms with E-state index in [1.807, 2.05) is 97.9 Å². The van der Waals surface area contributed by atoms with Crippen molar-refractivity contribution in [3.63, 3.8) is 0 Å². The second kappa shape index (κ2) is 11.2. The first-order valence-corrected chi connectivity index (χ1v) is 17.9. The summed E-state index contributed by atoms with van der Waals surface area (Å²) in [5.41, 5.74) is 3.38. The third-order valence-corrected chi connectivity index (χ3v) is 13.2. The molecule has 3 amide bonds. The van der Waals surface area contributed by atoms with Crippen LogP contribution in [-0.2, 0) is 14.4 Å². The Labute approximate surface area is 284 Å². The molecule has 2 bridgehead atoms. The number of aryl methyl sites for hydroxylation is 1. The molecule has 2 saturated carbocycles. The zero-order valence-corrected chi connectivity index (χ0v) is 27.6. The van der Waals surface area contributed by atoms with Crippen molar-refractivity contribution in [1.29, 1.82) is 0 Å². The maximum atomic E-state index is 14.0. The third-order valence-electron chi connectivity index (χ3n) is 10.6. The van der Waals surface area contributed by atoms with E-state index >= 15 is 0 Å². The Kier molecular flexibility index (Phi) is 6.88. The van der Waals surface area contributed by atoms with Crippen LogP contribution in [0.25, 0.3) is 10.8 Å². The quantitative estimate of drug-likeness (QED) is 0.197. The van der Waals surface area contributed by atoms with Gasteiger partial charge in [-0.25, -0.2) is 0 Å². The van der Waals surface area contributed by atoms with Gasteiger partial charge in [0.05, 0.1) is 22.5 Å². The number of aromatic amines is 1. The van der Waals surface area contributed by atoms with Crippen molar-refractivity contribution in [3.05, 3.63) is 117 Å². The average molecular weight is 674 g/mol. The number of carbonyl (C=O) groups is 3. The summed E-state index contributed by atoms with van der Waals surface area (Å²) >= 11 is 2.89. The van der Waals surface area contributed by atoms with Crippen LogP contribution >= 0.6 is 23.1 Å².